The Morgan fingerprint density at radius 1 is 0.550 bits per heavy atom. The number of allylic oxidation sites excluding steroid dienone is 6. The first-order chi connectivity index (χ1) is 47.3. The minimum absolute atomic E-state index is 0.00357. The van der Waals surface area contributed by atoms with E-state index in [2.05, 4.69) is 0 Å². The number of rotatable bonds is 45. The summed E-state index contributed by atoms with van der Waals surface area (Å²) in [6.07, 6.45) is 8.58. The van der Waals surface area contributed by atoms with Crippen molar-refractivity contribution in [3.8, 4) is 0 Å². The van der Waals surface area contributed by atoms with Gasteiger partial charge in [0.1, 0.15) is 28.2 Å². The van der Waals surface area contributed by atoms with E-state index in [0.29, 0.717) is 78.4 Å². The SMILES string of the molecule is COCCOCCOCCOCCC1(C)\C(=C/C=C/C=C/C2=[N+](CCOC)c3ccc4c(S(=O)(=O)O)cc(S(=O)(=O)O)cc4c3C2(C)CCCS(=O)(=O)O)N(CCOCCOCCOCCOCCCOCC(=O)ON2C(=O)CCC2=O)c2ccc3c(S(=O)(=O)[O-])cc(S(=O)(=O)O)cc3c21. The lowest BCUT2D eigenvalue weighted by atomic mass is 9.74. The van der Waals surface area contributed by atoms with Crippen LogP contribution in [0, 0.1) is 0 Å². The summed E-state index contributed by atoms with van der Waals surface area (Å²) in [5.74, 6) is -2.78. The molecule has 2 atom stereocenters. The van der Waals surface area contributed by atoms with Crippen LogP contribution in [0.15, 0.2) is 104 Å². The van der Waals surface area contributed by atoms with E-state index in [-0.39, 0.29) is 158 Å². The number of fused-ring (bicyclic) bond motifs is 6. The zero-order valence-electron chi connectivity index (χ0n) is 55.5. The number of hydroxylamine groups is 2. The van der Waals surface area contributed by atoms with Gasteiger partial charge >= 0.3 is 5.97 Å². The van der Waals surface area contributed by atoms with E-state index in [1.165, 1.54) is 25.3 Å². The number of hydrogen-bond donors (Lipinski definition) is 4. The number of anilines is 1. The molecule has 32 nitrogen and oxygen atoms in total. The lowest BCUT2D eigenvalue weighted by Gasteiger charge is -2.31. The minimum Gasteiger partial charge on any atom is -0.744 e. The molecule has 0 aromatic heterocycles. The third kappa shape index (κ3) is 21.7. The van der Waals surface area contributed by atoms with Gasteiger partial charge in [0, 0.05) is 93.3 Å². The lowest BCUT2D eigenvalue weighted by Crippen LogP contribution is -2.33. The number of amides is 2. The number of methoxy groups -OCH3 is 2. The van der Waals surface area contributed by atoms with E-state index in [1.807, 2.05) is 4.90 Å². The van der Waals surface area contributed by atoms with Crippen LogP contribution in [-0.4, -0.2) is 250 Å². The molecule has 100 heavy (non-hydrogen) atoms. The summed E-state index contributed by atoms with van der Waals surface area (Å²) >= 11 is 0. The van der Waals surface area contributed by atoms with Crippen molar-refractivity contribution in [1.29, 1.82) is 0 Å². The fourth-order valence-corrected chi connectivity index (χ4v) is 15.1. The van der Waals surface area contributed by atoms with Crippen molar-refractivity contribution in [2.75, 3.05) is 157 Å². The van der Waals surface area contributed by atoms with Gasteiger partial charge in [-0.1, -0.05) is 24.3 Å². The second kappa shape index (κ2) is 36.3. The van der Waals surface area contributed by atoms with Gasteiger partial charge in [-0.25, -0.2) is 13.2 Å². The van der Waals surface area contributed by atoms with Crippen LogP contribution >= 0.6 is 0 Å². The summed E-state index contributed by atoms with van der Waals surface area (Å²) in [5, 5.41) is 0.146. The van der Waals surface area contributed by atoms with Gasteiger partial charge in [-0.15, -0.1) is 5.06 Å². The van der Waals surface area contributed by atoms with Crippen molar-refractivity contribution in [2.24, 2.45) is 0 Å². The normalized spacial score (nSPS) is 18.2. The highest BCUT2D eigenvalue weighted by atomic mass is 32.2. The first-order valence-electron chi connectivity index (χ1n) is 31.5. The van der Waals surface area contributed by atoms with Crippen LogP contribution < -0.4 is 4.90 Å². The molecule has 37 heteroatoms. The third-order valence-electron chi connectivity index (χ3n) is 16.5. The monoisotopic (exact) mass is 1510 g/mol. The van der Waals surface area contributed by atoms with Gasteiger partial charge in [0.2, 0.25) is 5.69 Å². The largest absolute Gasteiger partial charge is 0.744 e. The Bertz CT molecular complexity index is 4300. The Hall–Kier alpha value is -6.15. The lowest BCUT2D eigenvalue weighted by molar-refractivity contribution is -0.441. The summed E-state index contributed by atoms with van der Waals surface area (Å²) in [6, 6.07) is 9.18. The molecule has 1 fully saturated rings. The molecular weight excluding hydrogens is 1420 g/mol. The van der Waals surface area contributed by atoms with Crippen LogP contribution in [0.2, 0.25) is 0 Å². The van der Waals surface area contributed by atoms with Crippen LogP contribution in [0.1, 0.15) is 63.5 Å². The van der Waals surface area contributed by atoms with E-state index in [4.69, 9.17) is 52.2 Å². The molecule has 0 aliphatic carbocycles. The van der Waals surface area contributed by atoms with Crippen LogP contribution in [-0.2, 0) is 128 Å². The molecule has 3 aliphatic rings. The second-order valence-corrected chi connectivity index (χ2v) is 30.5. The van der Waals surface area contributed by atoms with Crippen molar-refractivity contribution < 1.29 is 136 Å². The van der Waals surface area contributed by atoms with Crippen LogP contribution in [0.3, 0.4) is 0 Å². The standard InChI is InChI=1S/C63H83N3O29S5/c1-62(18-8-39-96(70,71)72)55(64(20-25-85-3)51-14-12-47-49(60(51)62)40-45(97(73,74)75)42-53(47)99(79,80)81)10-6-5-7-11-56-63(2,19-24-88-30-33-92-36-35-90-28-27-86-4)61-50-41-46(98(76,77)78)43-54(100(82,83)84)48(50)13-15-52(61)65(56)21-26-89-31-34-93-38-37-91-32-29-87-22-9-23-94-44-59(69)95-66-57(67)16-17-58(66)68/h5-7,10-15,40-43H,8-9,16-39,44H2,1-4H3,(H4-,70,71,72,73,74,75,76,77,78,79,80,81,82,83,84). The van der Waals surface area contributed by atoms with Gasteiger partial charge in [-0.3, -0.25) is 27.8 Å². The minimum atomic E-state index is -5.40. The molecule has 7 rings (SSSR count). The molecule has 0 saturated carbocycles. The summed E-state index contributed by atoms with van der Waals surface area (Å²) in [5.41, 5.74) is -0.169. The van der Waals surface area contributed by atoms with Crippen molar-refractivity contribution in [3.05, 3.63) is 95.7 Å². The maximum atomic E-state index is 13.0. The topological polar surface area (TPSA) is 437 Å². The average Bonchev–Trinajstić information content (AvgIpc) is 1.53. The summed E-state index contributed by atoms with van der Waals surface area (Å²) in [6.45, 7) is 6.61. The maximum Gasteiger partial charge on any atom is 0.358 e. The van der Waals surface area contributed by atoms with Gasteiger partial charge in [-0.05, 0) is 104 Å². The molecule has 4 N–H and O–H groups in total. The molecular formula is C63H83N3O29S5. The second-order valence-electron chi connectivity index (χ2n) is 23.3. The van der Waals surface area contributed by atoms with Gasteiger partial charge < -0.3 is 61.7 Å². The predicted octanol–water partition coefficient (Wildman–Crippen LogP) is 4.25. The number of hydrogen-bond acceptors (Lipinski definition) is 26. The molecule has 0 bridgehead atoms. The Morgan fingerprint density at radius 3 is 1.61 bits per heavy atom. The van der Waals surface area contributed by atoms with Crippen molar-refractivity contribution in [2.45, 2.75) is 82.8 Å². The first-order valence-corrected chi connectivity index (χ1v) is 38.8. The zero-order chi connectivity index (χ0) is 73.1. The average molecular weight is 1510 g/mol. The zero-order valence-corrected chi connectivity index (χ0v) is 59.6. The maximum absolute atomic E-state index is 13.0. The molecule has 2 amide bonds. The highest BCUT2D eigenvalue weighted by Gasteiger charge is 2.50. The smallest absolute Gasteiger partial charge is 0.358 e. The fourth-order valence-electron chi connectivity index (χ4n) is 11.9. The molecule has 4 aromatic carbocycles. The van der Waals surface area contributed by atoms with Crippen molar-refractivity contribution in [3.63, 3.8) is 0 Å². The van der Waals surface area contributed by atoms with Crippen molar-refractivity contribution >= 4 is 107 Å². The summed E-state index contributed by atoms with van der Waals surface area (Å²) in [4.78, 5) is 38.3. The van der Waals surface area contributed by atoms with Crippen LogP contribution in [0.25, 0.3) is 21.5 Å². The third-order valence-corrected chi connectivity index (χ3v) is 20.7. The van der Waals surface area contributed by atoms with Gasteiger partial charge in [0.25, 0.3) is 52.3 Å². The Kier molecular flexibility index (Phi) is 29.5. The van der Waals surface area contributed by atoms with Gasteiger partial charge in [0.15, 0.2) is 12.3 Å². The first kappa shape index (κ1) is 81.2. The highest BCUT2D eigenvalue weighted by Crippen LogP contribution is 2.54. The Labute approximate surface area is 580 Å². The van der Waals surface area contributed by atoms with E-state index in [0.717, 1.165) is 12.1 Å². The molecule has 3 heterocycles. The quantitative estimate of drug-likeness (QED) is 0.0158. The van der Waals surface area contributed by atoms with Crippen LogP contribution in [0.5, 0.6) is 0 Å². The molecule has 1 saturated heterocycles. The Balaban J connectivity index is 1.15. The summed E-state index contributed by atoms with van der Waals surface area (Å²) in [7, 11) is -22.4. The van der Waals surface area contributed by atoms with Gasteiger partial charge in [-0.2, -0.15) is 38.2 Å². The number of carbonyl (C=O) groups excluding carboxylic acids is 3. The number of benzene rings is 4. The summed E-state index contributed by atoms with van der Waals surface area (Å²) < 4.78 is 239. The number of ether oxygens (including phenoxy) is 10. The molecule has 0 radical (unpaired) electrons. The van der Waals surface area contributed by atoms with E-state index >= 15 is 0 Å². The molecule has 4 aromatic rings. The van der Waals surface area contributed by atoms with E-state index in [9.17, 15) is 79.2 Å². The highest BCUT2D eigenvalue weighted by molar-refractivity contribution is 7.87. The molecule has 0 spiro atoms. The Morgan fingerprint density at radius 2 is 1.06 bits per heavy atom. The van der Waals surface area contributed by atoms with Crippen molar-refractivity contribution in [1.82, 2.24) is 5.06 Å². The van der Waals surface area contributed by atoms with Crippen LogP contribution in [0.4, 0.5) is 11.4 Å². The molecule has 2 unspecified atom stereocenters. The predicted molar refractivity (Wildman–Crippen MR) is 356 cm³/mol. The van der Waals surface area contributed by atoms with E-state index in [1.54, 1.807) is 62.0 Å². The molecule has 554 valence electrons. The number of carbonyl (C=O) groups is 3. The fraction of sp³-hybridized carbons (Fsp3) is 0.524. The van der Waals surface area contributed by atoms with Gasteiger partial charge in [0.05, 0.1) is 112 Å². The molecule has 3 aliphatic heterocycles. The number of nitrogens with zero attached hydrogens (tertiary/aromatic N) is 3. The van der Waals surface area contributed by atoms with E-state index < -0.39 is 111 Å². The number of imide groups is 1.